The molecule has 1 aromatic rings. The van der Waals surface area contributed by atoms with Gasteiger partial charge in [0.2, 0.25) is 0 Å². The molecule has 1 amide bonds. The number of rotatable bonds is 4. The molecular formula is C12H18ClN3O. The van der Waals surface area contributed by atoms with Crippen LogP contribution in [0.5, 0.6) is 0 Å². The highest BCUT2D eigenvalue weighted by Crippen LogP contribution is 2.23. The lowest BCUT2D eigenvalue weighted by Gasteiger charge is -2.23. The largest absolute Gasteiger partial charge is 0.340 e. The predicted molar refractivity (Wildman–Crippen MR) is 67.2 cm³/mol. The fourth-order valence-corrected chi connectivity index (χ4v) is 2.54. The van der Waals surface area contributed by atoms with E-state index in [0.717, 1.165) is 32.2 Å². The third kappa shape index (κ3) is 2.80. The van der Waals surface area contributed by atoms with Crippen molar-refractivity contribution in [3.8, 4) is 0 Å². The first-order valence-corrected chi connectivity index (χ1v) is 6.60. The van der Waals surface area contributed by atoms with Crippen LogP contribution >= 0.6 is 11.6 Å². The van der Waals surface area contributed by atoms with Crippen LogP contribution in [0.15, 0.2) is 12.5 Å². The molecule has 1 atom stereocenters. The van der Waals surface area contributed by atoms with Gasteiger partial charge < -0.3 is 9.47 Å². The van der Waals surface area contributed by atoms with Gasteiger partial charge in [0.25, 0.3) is 5.91 Å². The first-order valence-electron chi connectivity index (χ1n) is 6.07. The smallest absolute Gasteiger partial charge is 0.274 e. The average molecular weight is 256 g/mol. The Morgan fingerprint density at radius 3 is 3.12 bits per heavy atom. The van der Waals surface area contributed by atoms with Gasteiger partial charge in [0.1, 0.15) is 5.69 Å². The van der Waals surface area contributed by atoms with Crippen molar-refractivity contribution in [3.05, 3.63) is 18.2 Å². The summed E-state index contributed by atoms with van der Waals surface area (Å²) in [5.74, 6) is 0.727. The first kappa shape index (κ1) is 12.4. The minimum absolute atomic E-state index is 0.0580. The van der Waals surface area contributed by atoms with Gasteiger partial charge in [-0.05, 0) is 25.7 Å². The van der Waals surface area contributed by atoms with E-state index in [2.05, 4.69) is 4.98 Å². The van der Waals surface area contributed by atoms with E-state index in [0.29, 0.717) is 17.6 Å². The molecule has 4 nitrogen and oxygen atoms in total. The van der Waals surface area contributed by atoms with E-state index < -0.39 is 0 Å². The standard InChI is InChI=1S/C12H18ClN3O/c1-15-8-11(14-9-15)12(17)16-7-3-5-10(16)4-2-6-13/h8-10H,2-7H2,1H3. The zero-order valence-corrected chi connectivity index (χ0v) is 10.9. The maximum Gasteiger partial charge on any atom is 0.274 e. The van der Waals surface area contributed by atoms with E-state index >= 15 is 0 Å². The fraction of sp³-hybridized carbons (Fsp3) is 0.667. The second-order valence-corrected chi connectivity index (χ2v) is 4.93. The number of aryl methyl sites for hydroxylation is 1. The van der Waals surface area contributed by atoms with E-state index in [4.69, 9.17) is 11.6 Å². The molecule has 2 rings (SSSR count). The molecule has 5 heteroatoms. The van der Waals surface area contributed by atoms with Crippen LogP contribution in [0, 0.1) is 0 Å². The summed E-state index contributed by atoms with van der Waals surface area (Å²) in [4.78, 5) is 18.3. The number of amides is 1. The van der Waals surface area contributed by atoms with E-state index in [1.807, 2.05) is 11.9 Å². The summed E-state index contributed by atoms with van der Waals surface area (Å²) in [6.45, 7) is 0.850. The van der Waals surface area contributed by atoms with Crippen LogP contribution in [0.2, 0.25) is 0 Å². The zero-order valence-electron chi connectivity index (χ0n) is 10.1. The van der Waals surface area contributed by atoms with Crippen molar-refractivity contribution < 1.29 is 4.79 Å². The molecule has 0 radical (unpaired) electrons. The number of aromatic nitrogens is 2. The number of carbonyl (C=O) groups is 1. The summed E-state index contributed by atoms with van der Waals surface area (Å²) < 4.78 is 1.80. The molecule has 0 aliphatic carbocycles. The minimum Gasteiger partial charge on any atom is -0.340 e. The molecule has 0 bridgehead atoms. The summed E-state index contributed by atoms with van der Waals surface area (Å²) in [6.07, 6.45) is 7.59. The summed E-state index contributed by atoms with van der Waals surface area (Å²) >= 11 is 5.71. The molecule has 0 spiro atoms. The molecule has 94 valence electrons. The molecular weight excluding hydrogens is 238 g/mol. The van der Waals surface area contributed by atoms with Crippen molar-refractivity contribution >= 4 is 17.5 Å². The van der Waals surface area contributed by atoms with Crippen LogP contribution in [0.25, 0.3) is 0 Å². The Morgan fingerprint density at radius 2 is 2.47 bits per heavy atom. The van der Waals surface area contributed by atoms with E-state index in [9.17, 15) is 4.79 Å². The molecule has 1 aliphatic heterocycles. The predicted octanol–water partition coefficient (Wildman–Crippen LogP) is 2.04. The Kier molecular flexibility index (Phi) is 4.05. The molecule has 1 fully saturated rings. The van der Waals surface area contributed by atoms with Crippen molar-refractivity contribution in [1.29, 1.82) is 0 Å². The minimum atomic E-state index is 0.0580. The number of imidazole rings is 1. The third-order valence-electron chi connectivity index (χ3n) is 3.23. The second-order valence-electron chi connectivity index (χ2n) is 4.55. The van der Waals surface area contributed by atoms with E-state index in [1.165, 1.54) is 0 Å². The third-order valence-corrected chi connectivity index (χ3v) is 3.50. The topological polar surface area (TPSA) is 38.1 Å². The highest BCUT2D eigenvalue weighted by Gasteiger charge is 2.29. The molecule has 17 heavy (non-hydrogen) atoms. The fourth-order valence-electron chi connectivity index (χ4n) is 2.39. The summed E-state index contributed by atoms with van der Waals surface area (Å²) in [5, 5.41) is 0. The normalized spacial score (nSPS) is 19.9. The van der Waals surface area contributed by atoms with Crippen LogP contribution in [0.4, 0.5) is 0 Å². The van der Waals surface area contributed by atoms with Crippen LogP contribution < -0.4 is 0 Å². The second kappa shape index (κ2) is 5.54. The zero-order chi connectivity index (χ0) is 12.3. The van der Waals surface area contributed by atoms with Gasteiger partial charge in [-0.15, -0.1) is 11.6 Å². The molecule has 1 unspecified atom stereocenters. The molecule has 0 N–H and O–H groups in total. The summed E-state index contributed by atoms with van der Waals surface area (Å²) in [6, 6.07) is 0.350. The quantitative estimate of drug-likeness (QED) is 0.773. The first-order chi connectivity index (χ1) is 8.22. The number of carbonyl (C=O) groups excluding carboxylic acids is 1. The number of hydrogen-bond donors (Lipinski definition) is 0. The van der Waals surface area contributed by atoms with Crippen molar-refractivity contribution in [2.45, 2.75) is 31.7 Å². The number of hydrogen-bond acceptors (Lipinski definition) is 2. The SMILES string of the molecule is Cn1cnc(C(=O)N2CCCC2CCCCl)c1. The van der Waals surface area contributed by atoms with Gasteiger partial charge in [-0.1, -0.05) is 0 Å². The van der Waals surface area contributed by atoms with Gasteiger partial charge in [0.15, 0.2) is 0 Å². The number of nitrogens with zero attached hydrogens (tertiary/aromatic N) is 3. The lowest BCUT2D eigenvalue weighted by atomic mass is 10.1. The Labute approximate surface area is 107 Å². The Balaban J connectivity index is 2.03. The Hall–Kier alpha value is -1.03. The molecule has 1 saturated heterocycles. The van der Waals surface area contributed by atoms with Crippen LogP contribution in [0.3, 0.4) is 0 Å². The summed E-state index contributed by atoms with van der Waals surface area (Å²) in [7, 11) is 1.87. The van der Waals surface area contributed by atoms with Crippen molar-refractivity contribution in [2.75, 3.05) is 12.4 Å². The molecule has 0 saturated carbocycles. The Morgan fingerprint density at radius 1 is 1.65 bits per heavy atom. The average Bonchev–Trinajstić information content (AvgIpc) is 2.94. The number of halogens is 1. The van der Waals surface area contributed by atoms with Crippen molar-refractivity contribution in [3.63, 3.8) is 0 Å². The van der Waals surface area contributed by atoms with Crippen LogP contribution in [0.1, 0.15) is 36.2 Å². The van der Waals surface area contributed by atoms with E-state index in [-0.39, 0.29) is 5.91 Å². The lowest BCUT2D eigenvalue weighted by molar-refractivity contribution is 0.0724. The van der Waals surface area contributed by atoms with Crippen LogP contribution in [-0.2, 0) is 7.05 Å². The monoisotopic (exact) mass is 255 g/mol. The number of alkyl halides is 1. The van der Waals surface area contributed by atoms with E-state index in [1.54, 1.807) is 17.1 Å². The lowest BCUT2D eigenvalue weighted by Crippen LogP contribution is -2.35. The maximum absolute atomic E-state index is 12.3. The summed E-state index contributed by atoms with van der Waals surface area (Å²) in [5.41, 5.74) is 0.547. The van der Waals surface area contributed by atoms with Crippen molar-refractivity contribution in [1.82, 2.24) is 14.5 Å². The molecule has 2 heterocycles. The van der Waals surface area contributed by atoms with Gasteiger partial charge >= 0.3 is 0 Å². The Bertz CT molecular complexity index is 391. The van der Waals surface area contributed by atoms with Gasteiger partial charge in [-0.3, -0.25) is 4.79 Å². The molecule has 1 aliphatic rings. The van der Waals surface area contributed by atoms with Crippen LogP contribution in [-0.4, -0.2) is 38.8 Å². The van der Waals surface area contributed by atoms with Crippen molar-refractivity contribution in [2.24, 2.45) is 7.05 Å². The number of likely N-dealkylation sites (tertiary alicyclic amines) is 1. The molecule has 0 aromatic carbocycles. The van der Waals surface area contributed by atoms with Gasteiger partial charge in [-0.25, -0.2) is 4.98 Å². The molecule has 1 aromatic heterocycles. The highest BCUT2D eigenvalue weighted by molar-refractivity contribution is 6.17. The van der Waals surface area contributed by atoms with Gasteiger partial charge in [0, 0.05) is 31.7 Å². The highest BCUT2D eigenvalue weighted by atomic mass is 35.5. The van der Waals surface area contributed by atoms with Gasteiger partial charge in [0.05, 0.1) is 6.33 Å². The van der Waals surface area contributed by atoms with Gasteiger partial charge in [-0.2, -0.15) is 0 Å². The maximum atomic E-state index is 12.3.